The molecule has 3 nitrogen and oxygen atoms in total. The molecule has 96 valence electrons. The minimum absolute atomic E-state index is 0.403. The Morgan fingerprint density at radius 2 is 2.17 bits per heavy atom. The van der Waals surface area contributed by atoms with Gasteiger partial charge >= 0.3 is 0 Å². The maximum atomic E-state index is 4.20. The van der Waals surface area contributed by atoms with Crippen LogP contribution in [0.5, 0.6) is 0 Å². The summed E-state index contributed by atoms with van der Waals surface area (Å²) >= 11 is 0. The van der Waals surface area contributed by atoms with Crippen LogP contribution >= 0.6 is 0 Å². The fourth-order valence-electron chi connectivity index (χ4n) is 2.30. The summed E-state index contributed by atoms with van der Waals surface area (Å²) in [4.78, 5) is 0. The van der Waals surface area contributed by atoms with E-state index in [4.69, 9.17) is 0 Å². The van der Waals surface area contributed by atoms with Crippen molar-refractivity contribution in [1.82, 2.24) is 15.1 Å². The molecule has 1 aromatic carbocycles. The maximum absolute atomic E-state index is 4.20. The first kappa shape index (κ1) is 12.8. The molecule has 1 unspecified atom stereocenters. The molecule has 0 saturated carbocycles. The minimum atomic E-state index is 0.403. The number of hydrogen-bond acceptors (Lipinski definition) is 2. The second-order valence-electron chi connectivity index (χ2n) is 4.74. The lowest BCUT2D eigenvalue weighted by atomic mass is 9.99. The molecule has 1 N–H and O–H groups in total. The van der Waals surface area contributed by atoms with Crippen LogP contribution in [0.4, 0.5) is 0 Å². The third kappa shape index (κ3) is 2.99. The Morgan fingerprint density at radius 3 is 2.78 bits per heavy atom. The average molecular weight is 243 g/mol. The first-order chi connectivity index (χ1) is 8.70. The quantitative estimate of drug-likeness (QED) is 0.875. The molecule has 18 heavy (non-hydrogen) atoms. The van der Waals surface area contributed by atoms with Gasteiger partial charge in [0, 0.05) is 25.0 Å². The summed E-state index contributed by atoms with van der Waals surface area (Å²) in [6, 6.07) is 11.2. The Labute approximate surface area is 109 Å². The van der Waals surface area contributed by atoms with Crippen LogP contribution in [0.25, 0.3) is 0 Å². The fourth-order valence-corrected chi connectivity index (χ4v) is 2.30. The van der Waals surface area contributed by atoms with Gasteiger partial charge in [0.2, 0.25) is 0 Å². The summed E-state index contributed by atoms with van der Waals surface area (Å²) in [6.07, 6.45) is 3.98. The van der Waals surface area contributed by atoms with Gasteiger partial charge in [-0.05, 0) is 38.4 Å². The summed E-state index contributed by atoms with van der Waals surface area (Å²) in [5.74, 6) is 0. The minimum Gasteiger partial charge on any atom is -0.313 e. The van der Waals surface area contributed by atoms with Crippen molar-refractivity contribution in [2.45, 2.75) is 25.8 Å². The van der Waals surface area contributed by atoms with Gasteiger partial charge < -0.3 is 5.32 Å². The number of nitrogens with zero attached hydrogens (tertiary/aromatic N) is 2. The van der Waals surface area contributed by atoms with Gasteiger partial charge in [-0.15, -0.1) is 0 Å². The van der Waals surface area contributed by atoms with E-state index in [1.54, 1.807) is 0 Å². The molecule has 3 heteroatoms. The molecule has 1 heterocycles. The van der Waals surface area contributed by atoms with Crippen LogP contribution < -0.4 is 5.32 Å². The molecule has 1 aromatic heterocycles. The van der Waals surface area contributed by atoms with Gasteiger partial charge in [0.15, 0.2) is 0 Å². The van der Waals surface area contributed by atoms with E-state index in [0.29, 0.717) is 6.04 Å². The zero-order valence-electron chi connectivity index (χ0n) is 11.4. The Morgan fingerprint density at radius 1 is 1.33 bits per heavy atom. The van der Waals surface area contributed by atoms with Crippen LogP contribution in [0, 0.1) is 6.92 Å². The maximum Gasteiger partial charge on any atom is 0.0492 e. The van der Waals surface area contributed by atoms with Crippen LogP contribution in [0.2, 0.25) is 0 Å². The lowest BCUT2D eigenvalue weighted by Crippen LogP contribution is -2.17. The van der Waals surface area contributed by atoms with Gasteiger partial charge in [-0.2, -0.15) is 5.10 Å². The van der Waals surface area contributed by atoms with Crippen LogP contribution in [-0.4, -0.2) is 16.8 Å². The second-order valence-corrected chi connectivity index (χ2v) is 4.74. The highest BCUT2D eigenvalue weighted by Crippen LogP contribution is 2.19. The number of benzene rings is 1. The number of aryl methyl sites for hydroxylation is 3. The van der Waals surface area contributed by atoms with E-state index in [9.17, 15) is 0 Å². The van der Waals surface area contributed by atoms with E-state index in [-0.39, 0.29) is 0 Å². The smallest absolute Gasteiger partial charge is 0.0492 e. The van der Waals surface area contributed by atoms with E-state index in [2.05, 4.69) is 47.7 Å². The van der Waals surface area contributed by atoms with Crippen molar-refractivity contribution in [3.05, 3.63) is 53.3 Å². The molecule has 0 amide bonds. The van der Waals surface area contributed by atoms with E-state index in [1.807, 2.05) is 25.0 Å². The van der Waals surface area contributed by atoms with Crippen LogP contribution in [0.3, 0.4) is 0 Å². The van der Waals surface area contributed by atoms with Crippen LogP contribution in [-0.2, 0) is 13.5 Å². The second kappa shape index (κ2) is 5.83. The highest BCUT2D eigenvalue weighted by atomic mass is 15.2. The van der Waals surface area contributed by atoms with Gasteiger partial charge in [-0.25, -0.2) is 0 Å². The summed E-state index contributed by atoms with van der Waals surface area (Å²) in [5, 5.41) is 7.60. The number of rotatable bonds is 5. The predicted molar refractivity (Wildman–Crippen MR) is 74.5 cm³/mol. The van der Waals surface area contributed by atoms with Crippen molar-refractivity contribution in [1.29, 1.82) is 0 Å². The molecular weight excluding hydrogens is 222 g/mol. The fraction of sp³-hybridized carbons (Fsp3) is 0.400. The lowest BCUT2D eigenvalue weighted by Gasteiger charge is -2.17. The van der Waals surface area contributed by atoms with Crippen molar-refractivity contribution < 1.29 is 0 Å². The monoisotopic (exact) mass is 243 g/mol. The summed E-state index contributed by atoms with van der Waals surface area (Å²) in [7, 11) is 4.02. The van der Waals surface area contributed by atoms with Gasteiger partial charge in [0.1, 0.15) is 0 Å². The number of aromatic nitrogens is 2. The zero-order chi connectivity index (χ0) is 13.0. The molecule has 2 rings (SSSR count). The molecular formula is C15H21N3. The Balaban J connectivity index is 2.04. The van der Waals surface area contributed by atoms with E-state index in [0.717, 1.165) is 12.8 Å². The van der Waals surface area contributed by atoms with E-state index in [1.165, 1.54) is 16.8 Å². The molecule has 0 aliphatic carbocycles. The topological polar surface area (TPSA) is 29.9 Å². The van der Waals surface area contributed by atoms with Gasteiger partial charge in [-0.1, -0.05) is 29.8 Å². The first-order valence-corrected chi connectivity index (χ1v) is 6.41. The van der Waals surface area contributed by atoms with E-state index < -0.39 is 0 Å². The highest BCUT2D eigenvalue weighted by Gasteiger charge is 2.10. The van der Waals surface area contributed by atoms with Crippen LogP contribution in [0.1, 0.15) is 29.3 Å². The largest absolute Gasteiger partial charge is 0.313 e. The number of nitrogens with one attached hydrogen (secondary N) is 1. The van der Waals surface area contributed by atoms with Crippen molar-refractivity contribution in [2.75, 3.05) is 7.05 Å². The van der Waals surface area contributed by atoms with Gasteiger partial charge in [-0.3, -0.25) is 4.68 Å². The van der Waals surface area contributed by atoms with Crippen molar-refractivity contribution in [3.8, 4) is 0 Å². The Hall–Kier alpha value is -1.61. The average Bonchev–Trinajstić information content (AvgIpc) is 2.76. The highest BCUT2D eigenvalue weighted by molar-refractivity contribution is 5.25. The van der Waals surface area contributed by atoms with Gasteiger partial charge in [0.05, 0.1) is 0 Å². The van der Waals surface area contributed by atoms with Crippen molar-refractivity contribution in [3.63, 3.8) is 0 Å². The normalized spacial score (nSPS) is 12.6. The summed E-state index contributed by atoms with van der Waals surface area (Å²) in [5.41, 5.74) is 3.95. The third-order valence-electron chi connectivity index (χ3n) is 3.40. The standard InChI is InChI=1S/C15H21N3/c1-12-5-4-6-13(11-12)15(16-2)8-7-14-9-10-17-18(14)3/h4-6,9-11,15-16H,7-8H2,1-3H3. The summed E-state index contributed by atoms with van der Waals surface area (Å²) in [6.45, 7) is 2.14. The van der Waals surface area contributed by atoms with Crippen molar-refractivity contribution >= 4 is 0 Å². The molecule has 0 fully saturated rings. The molecule has 0 bridgehead atoms. The molecule has 0 aliphatic rings. The van der Waals surface area contributed by atoms with E-state index >= 15 is 0 Å². The summed E-state index contributed by atoms with van der Waals surface area (Å²) < 4.78 is 1.95. The molecule has 1 atom stereocenters. The zero-order valence-corrected chi connectivity index (χ0v) is 11.4. The SMILES string of the molecule is CNC(CCc1ccnn1C)c1cccc(C)c1. The predicted octanol–water partition coefficient (Wildman–Crippen LogP) is 2.62. The molecule has 2 aromatic rings. The Kier molecular flexibility index (Phi) is 4.15. The molecule has 0 saturated heterocycles. The van der Waals surface area contributed by atoms with Crippen LogP contribution in [0.15, 0.2) is 36.5 Å². The van der Waals surface area contributed by atoms with Crippen molar-refractivity contribution in [2.24, 2.45) is 7.05 Å². The molecule has 0 radical (unpaired) electrons. The first-order valence-electron chi connectivity index (χ1n) is 6.41. The Bertz CT molecular complexity index is 502. The molecule has 0 spiro atoms. The number of hydrogen-bond donors (Lipinski definition) is 1. The van der Waals surface area contributed by atoms with Gasteiger partial charge in [0.25, 0.3) is 0 Å². The lowest BCUT2D eigenvalue weighted by molar-refractivity contribution is 0.535. The molecule has 0 aliphatic heterocycles. The third-order valence-corrected chi connectivity index (χ3v) is 3.40.